The van der Waals surface area contributed by atoms with Gasteiger partial charge in [0.25, 0.3) is 0 Å². The highest BCUT2D eigenvalue weighted by Gasteiger charge is 2.47. The standard InChI is InChI=1S/C19H32N4O11/c1-7(17(30)23-10(16(20)29)4-5-12(26)27)21-18(31)8(2)33-15-13(22-9(3)25)19(32)34-11(6-24)14(15)28/h7-8,10-11,13-15,19,24,28,32H,4-6H2,1-3H3,(H2,20,29)(H,21,31)(H,22,25)(H,23,30)(H,26,27)/t7-,8+,10-,11+,13-,14-,15+,19+/m0/s1. The first-order valence-electron chi connectivity index (χ1n) is 10.4. The number of rotatable bonds is 12. The molecule has 15 nitrogen and oxygen atoms in total. The van der Waals surface area contributed by atoms with Gasteiger partial charge in [-0.2, -0.15) is 0 Å². The largest absolute Gasteiger partial charge is 0.481 e. The number of hydrogen-bond acceptors (Lipinski definition) is 10. The molecule has 1 saturated heterocycles. The third-order valence-corrected chi connectivity index (χ3v) is 5.03. The number of ether oxygens (including phenoxy) is 2. The smallest absolute Gasteiger partial charge is 0.303 e. The SMILES string of the molecule is CC(=O)N[C@H]1[C@@H](O[C@H](C)C(=O)N[C@@H](C)C(=O)N[C@@H](CCC(=O)O)C(N)=O)[C@@H](O)[C@@H](CO)O[C@H]1O. The molecule has 8 atom stereocenters. The monoisotopic (exact) mass is 492 g/mol. The van der Waals surface area contributed by atoms with E-state index in [0.717, 1.165) is 6.92 Å². The normalized spacial score (nSPS) is 27.1. The van der Waals surface area contributed by atoms with Crippen LogP contribution in [0.4, 0.5) is 0 Å². The molecule has 1 heterocycles. The lowest BCUT2D eigenvalue weighted by Gasteiger charge is -2.43. The van der Waals surface area contributed by atoms with E-state index in [1.54, 1.807) is 0 Å². The van der Waals surface area contributed by atoms with Crippen LogP contribution in [-0.4, -0.2) is 105 Å². The molecule has 194 valence electrons. The van der Waals surface area contributed by atoms with E-state index in [0.29, 0.717) is 0 Å². The van der Waals surface area contributed by atoms with Gasteiger partial charge in [-0.05, 0) is 20.3 Å². The maximum atomic E-state index is 12.5. The molecule has 0 aromatic rings. The number of carbonyl (C=O) groups excluding carboxylic acids is 4. The van der Waals surface area contributed by atoms with Crippen LogP contribution in [0.3, 0.4) is 0 Å². The Morgan fingerprint density at radius 2 is 1.71 bits per heavy atom. The molecule has 1 fully saturated rings. The van der Waals surface area contributed by atoms with Crippen molar-refractivity contribution in [3.05, 3.63) is 0 Å². The highest BCUT2D eigenvalue weighted by Crippen LogP contribution is 2.23. The fourth-order valence-corrected chi connectivity index (χ4v) is 3.18. The van der Waals surface area contributed by atoms with Crippen molar-refractivity contribution in [2.75, 3.05) is 6.61 Å². The molecule has 0 unspecified atom stereocenters. The number of carboxylic acid groups (broad SMARTS) is 1. The van der Waals surface area contributed by atoms with Gasteiger partial charge >= 0.3 is 5.97 Å². The first-order valence-corrected chi connectivity index (χ1v) is 10.4. The number of carboxylic acids is 1. The Morgan fingerprint density at radius 1 is 1.09 bits per heavy atom. The molecule has 4 amide bonds. The number of nitrogens with two attached hydrogens (primary N) is 1. The van der Waals surface area contributed by atoms with Crippen molar-refractivity contribution in [3.8, 4) is 0 Å². The minimum absolute atomic E-state index is 0.239. The molecule has 0 saturated carbocycles. The van der Waals surface area contributed by atoms with Gasteiger partial charge in [0, 0.05) is 13.3 Å². The van der Waals surface area contributed by atoms with Crippen molar-refractivity contribution in [1.82, 2.24) is 16.0 Å². The van der Waals surface area contributed by atoms with Gasteiger partial charge in [0.05, 0.1) is 6.61 Å². The van der Waals surface area contributed by atoms with E-state index in [9.17, 15) is 39.3 Å². The van der Waals surface area contributed by atoms with Crippen LogP contribution in [0.2, 0.25) is 0 Å². The molecule has 1 aliphatic heterocycles. The average molecular weight is 492 g/mol. The summed E-state index contributed by atoms with van der Waals surface area (Å²) in [4.78, 5) is 58.4. The minimum atomic E-state index is -1.65. The van der Waals surface area contributed by atoms with Crippen molar-refractivity contribution in [2.24, 2.45) is 5.73 Å². The molecule has 0 radical (unpaired) electrons. The zero-order valence-corrected chi connectivity index (χ0v) is 19.0. The van der Waals surface area contributed by atoms with Gasteiger partial charge in [-0.25, -0.2) is 0 Å². The van der Waals surface area contributed by atoms with E-state index in [-0.39, 0.29) is 6.42 Å². The lowest BCUT2D eigenvalue weighted by Crippen LogP contribution is -2.65. The molecule has 0 spiro atoms. The molecule has 0 aliphatic carbocycles. The molecule has 1 rings (SSSR count). The number of aliphatic hydroxyl groups excluding tert-OH is 3. The van der Waals surface area contributed by atoms with E-state index in [1.165, 1.54) is 13.8 Å². The van der Waals surface area contributed by atoms with Crippen molar-refractivity contribution >= 4 is 29.6 Å². The van der Waals surface area contributed by atoms with Crippen molar-refractivity contribution in [2.45, 2.75) is 82.4 Å². The molecule has 0 aromatic carbocycles. The maximum Gasteiger partial charge on any atom is 0.303 e. The van der Waals surface area contributed by atoms with Crippen LogP contribution in [-0.2, 0) is 33.4 Å². The quantitative estimate of drug-likeness (QED) is 0.129. The highest BCUT2D eigenvalue weighted by atomic mass is 16.6. The van der Waals surface area contributed by atoms with Gasteiger partial charge in [0.1, 0.15) is 42.5 Å². The van der Waals surface area contributed by atoms with Crippen LogP contribution in [0.5, 0.6) is 0 Å². The zero-order valence-electron chi connectivity index (χ0n) is 19.0. The van der Waals surface area contributed by atoms with E-state index in [1.807, 2.05) is 0 Å². The van der Waals surface area contributed by atoms with E-state index >= 15 is 0 Å². The third kappa shape index (κ3) is 8.49. The predicted octanol–water partition coefficient (Wildman–Crippen LogP) is -4.33. The summed E-state index contributed by atoms with van der Waals surface area (Å²) in [7, 11) is 0. The number of carbonyl (C=O) groups is 5. The number of aliphatic carboxylic acids is 1. The van der Waals surface area contributed by atoms with Gasteiger partial charge < -0.3 is 51.6 Å². The lowest BCUT2D eigenvalue weighted by molar-refractivity contribution is -0.266. The Kier molecular flexibility index (Phi) is 11.3. The van der Waals surface area contributed by atoms with Crippen LogP contribution >= 0.6 is 0 Å². The zero-order chi connectivity index (χ0) is 26.2. The minimum Gasteiger partial charge on any atom is -0.481 e. The molecule has 1 aliphatic rings. The summed E-state index contributed by atoms with van der Waals surface area (Å²) in [6.45, 7) is 3.06. The summed E-state index contributed by atoms with van der Waals surface area (Å²) in [6.07, 6.45) is -7.74. The number of amides is 4. The summed E-state index contributed by atoms with van der Waals surface area (Å²) in [5, 5.41) is 45.5. The summed E-state index contributed by atoms with van der Waals surface area (Å²) in [5.74, 6) is -4.34. The van der Waals surface area contributed by atoms with Crippen LogP contribution in [0.1, 0.15) is 33.6 Å². The highest BCUT2D eigenvalue weighted by molar-refractivity contribution is 5.92. The van der Waals surface area contributed by atoms with E-state index in [2.05, 4.69) is 16.0 Å². The van der Waals surface area contributed by atoms with Crippen LogP contribution in [0.15, 0.2) is 0 Å². The van der Waals surface area contributed by atoms with Crippen LogP contribution < -0.4 is 21.7 Å². The van der Waals surface area contributed by atoms with Gasteiger partial charge in [0.15, 0.2) is 6.29 Å². The Balaban J connectivity index is 2.80. The summed E-state index contributed by atoms with van der Waals surface area (Å²) >= 11 is 0. The number of hydrogen-bond donors (Lipinski definition) is 8. The molecule has 0 aromatic heterocycles. The van der Waals surface area contributed by atoms with Crippen molar-refractivity contribution in [1.29, 1.82) is 0 Å². The fraction of sp³-hybridized carbons (Fsp3) is 0.737. The predicted molar refractivity (Wildman–Crippen MR) is 112 cm³/mol. The molecule has 15 heteroatoms. The first-order chi connectivity index (χ1) is 15.8. The van der Waals surface area contributed by atoms with Gasteiger partial charge in [0.2, 0.25) is 23.6 Å². The van der Waals surface area contributed by atoms with E-state index in [4.69, 9.17) is 20.3 Å². The summed E-state index contributed by atoms with van der Waals surface area (Å²) in [6, 6.07) is -3.71. The lowest BCUT2D eigenvalue weighted by atomic mass is 9.96. The molecular weight excluding hydrogens is 460 g/mol. The number of primary amides is 1. The Labute approximate surface area is 195 Å². The van der Waals surface area contributed by atoms with Gasteiger partial charge in [-0.1, -0.05) is 0 Å². The van der Waals surface area contributed by atoms with E-state index < -0.39 is 91.5 Å². The second-order valence-electron chi connectivity index (χ2n) is 7.83. The average Bonchev–Trinajstić information content (AvgIpc) is 2.74. The van der Waals surface area contributed by atoms with Crippen LogP contribution in [0.25, 0.3) is 0 Å². The van der Waals surface area contributed by atoms with Gasteiger partial charge in [-0.15, -0.1) is 0 Å². The van der Waals surface area contributed by atoms with Crippen LogP contribution in [0, 0.1) is 0 Å². The maximum absolute atomic E-state index is 12.5. The fourth-order valence-electron chi connectivity index (χ4n) is 3.18. The molecular formula is C19H32N4O11. The first kappa shape index (κ1) is 29.2. The Bertz CT molecular complexity index is 765. The summed E-state index contributed by atoms with van der Waals surface area (Å²) in [5.41, 5.74) is 5.16. The molecule has 34 heavy (non-hydrogen) atoms. The van der Waals surface area contributed by atoms with Crippen molar-refractivity contribution < 1.29 is 53.9 Å². The Morgan fingerprint density at radius 3 is 2.21 bits per heavy atom. The number of aliphatic hydroxyl groups is 3. The topological polar surface area (TPSA) is 247 Å². The molecule has 9 N–H and O–H groups in total. The van der Waals surface area contributed by atoms with Gasteiger partial charge in [-0.3, -0.25) is 24.0 Å². The second-order valence-corrected chi connectivity index (χ2v) is 7.83. The molecule has 0 bridgehead atoms. The number of nitrogens with one attached hydrogen (secondary N) is 3. The Hall–Kier alpha value is -2.85. The second kappa shape index (κ2) is 13.1. The summed E-state index contributed by atoms with van der Waals surface area (Å²) < 4.78 is 10.6. The van der Waals surface area contributed by atoms with Crippen molar-refractivity contribution in [3.63, 3.8) is 0 Å². The third-order valence-electron chi connectivity index (χ3n) is 5.03.